The molecule has 3 rings (SSSR count). The van der Waals surface area contributed by atoms with Crippen LogP contribution in [0.15, 0.2) is 0 Å². The molecule has 0 radical (unpaired) electrons. The number of amides is 2. The van der Waals surface area contributed by atoms with E-state index in [0.29, 0.717) is 25.2 Å². The van der Waals surface area contributed by atoms with Gasteiger partial charge in [-0.2, -0.15) is 0 Å². The number of carbonyl (C=O) groups excluding carboxylic acids is 2. The fourth-order valence-electron chi connectivity index (χ4n) is 4.46. The van der Waals surface area contributed by atoms with Gasteiger partial charge in [-0.1, -0.05) is 6.92 Å². The molecule has 0 spiro atoms. The highest BCUT2D eigenvalue weighted by Gasteiger charge is 2.57. The first kappa shape index (κ1) is 18.0. The third kappa shape index (κ3) is 3.60. The summed E-state index contributed by atoms with van der Waals surface area (Å²) in [6.45, 7) is 7.49. The number of aliphatic carboxylic acids is 1. The predicted molar refractivity (Wildman–Crippen MR) is 89.9 cm³/mol. The third-order valence-electron chi connectivity index (χ3n) is 5.79. The Labute approximate surface area is 148 Å². The average Bonchev–Trinajstić information content (AvgIpc) is 2.89. The molecule has 2 saturated heterocycles. The number of hydrogen-bond donors (Lipinski definition) is 2. The summed E-state index contributed by atoms with van der Waals surface area (Å²) in [7, 11) is 0. The van der Waals surface area contributed by atoms with Crippen molar-refractivity contribution in [3.05, 3.63) is 0 Å². The van der Waals surface area contributed by atoms with Crippen molar-refractivity contribution in [3.8, 4) is 0 Å². The van der Waals surface area contributed by atoms with Crippen LogP contribution >= 0.6 is 0 Å². The Balaban J connectivity index is 1.81. The number of carboxylic acids is 1. The minimum Gasteiger partial charge on any atom is -0.480 e. The van der Waals surface area contributed by atoms with E-state index in [-0.39, 0.29) is 17.4 Å². The maximum Gasteiger partial charge on any atom is 0.408 e. The summed E-state index contributed by atoms with van der Waals surface area (Å²) in [6.07, 6.45) is 2.98. The minimum absolute atomic E-state index is 0.0492. The van der Waals surface area contributed by atoms with E-state index in [4.69, 9.17) is 4.74 Å². The highest BCUT2D eigenvalue weighted by atomic mass is 16.6. The standard InChI is InChI=1S/C18H28N2O5/c1-17(2,3)25-16(24)19-12-7-10-8-18(10,4)9-11-5-6-13(15(22)23)20(11)14(12)21/h10-13H,5-9H2,1-4H3,(H,19,24)(H,22,23)/t10-,11+,12-,13-,18-/m0/s1. The number of nitrogens with one attached hydrogen (secondary N) is 1. The molecule has 1 aliphatic carbocycles. The van der Waals surface area contributed by atoms with Crippen LogP contribution in [0.5, 0.6) is 0 Å². The summed E-state index contributed by atoms with van der Waals surface area (Å²) in [4.78, 5) is 38.3. The Bertz CT molecular complexity index is 599. The molecule has 0 bridgehead atoms. The lowest BCUT2D eigenvalue weighted by molar-refractivity contribution is -0.151. The van der Waals surface area contributed by atoms with E-state index in [9.17, 15) is 19.5 Å². The Morgan fingerprint density at radius 2 is 1.96 bits per heavy atom. The average molecular weight is 352 g/mol. The first-order valence-electron chi connectivity index (χ1n) is 9.05. The van der Waals surface area contributed by atoms with Gasteiger partial charge in [-0.3, -0.25) is 4.79 Å². The topological polar surface area (TPSA) is 95.9 Å². The summed E-state index contributed by atoms with van der Waals surface area (Å²) < 4.78 is 5.28. The molecule has 0 unspecified atom stereocenters. The fraction of sp³-hybridized carbons (Fsp3) is 0.833. The van der Waals surface area contributed by atoms with Gasteiger partial charge >= 0.3 is 12.1 Å². The number of carbonyl (C=O) groups is 3. The van der Waals surface area contributed by atoms with Gasteiger partial charge in [0.15, 0.2) is 0 Å². The molecule has 140 valence electrons. The second kappa shape index (κ2) is 5.88. The van der Waals surface area contributed by atoms with Crippen LogP contribution in [0.4, 0.5) is 4.79 Å². The van der Waals surface area contributed by atoms with E-state index in [1.165, 1.54) is 4.90 Å². The molecule has 2 heterocycles. The zero-order valence-electron chi connectivity index (χ0n) is 15.4. The van der Waals surface area contributed by atoms with Crippen molar-refractivity contribution >= 4 is 18.0 Å². The number of rotatable bonds is 2. The van der Waals surface area contributed by atoms with Crippen molar-refractivity contribution < 1.29 is 24.2 Å². The lowest BCUT2D eigenvalue weighted by Crippen LogP contribution is -2.56. The highest BCUT2D eigenvalue weighted by Crippen LogP contribution is 2.60. The van der Waals surface area contributed by atoms with Gasteiger partial charge in [0.25, 0.3) is 0 Å². The number of carboxylic acid groups (broad SMARTS) is 1. The Morgan fingerprint density at radius 3 is 2.56 bits per heavy atom. The second-order valence-corrected chi connectivity index (χ2v) is 9.02. The molecule has 0 aromatic heterocycles. The van der Waals surface area contributed by atoms with Crippen LogP contribution in [0.1, 0.15) is 59.8 Å². The largest absolute Gasteiger partial charge is 0.480 e. The molecule has 2 aliphatic heterocycles. The maximum absolute atomic E-state index is 13.1. The van der Waals surface area contributed by atoms with Crippen LogP contribution in [0.3, 0.4) is 0 Å². The van der Waals surface area contributed by atoms with Crippen molar-refractivity contribution in [1.82, 2.24) is 10.2 Å². The Hall–Kier alpha value is -1.79. The molecule has 0 aromatic rings. The van der Waals surface area contributed by atoms with Crippen molar-refractivity contribution in [2.45, 2.75) is 83.5 Å². The second-order valence-electron chi connectivity index (χ2n) is 9.02. The van der Waals surface area contributed by atoms with Gasteiger partial charge in [0, 0.05) is 6.04 Å². The van der Waals surface area contributed by atoms with Crippen molar-refractivity contribution in [1.29, 1.82) is 0 Å². The molecule has 3 fully saturated rings. The monoisotopic (exact) mass is 352 g/mol. The van der Waals surface area contributed by atoms with Crippen molar-refractivity contribution in [2.24, 2.45) is 11.3 Å². The molecule has 2 amide bonds. The quantitative estimate of drug-likeness (QED) is 0.794. The number of ether oxygens (including phenoxy) is 1. The molecule has 7 heteroatoms. The normalized spacial score (nSPS) is 37.4. The summed E-state index contributed by atoms with van der Waals surface area (Å²) in [5.41, 5.74) is -0.506. The third-order valence-corrected chi connectivity index (χ3v) is 5.79. The van der Waals surface area contributed by atoms with Gasteiger partial charge in [-0.05, 0) is 64.2 Å². The van der Waals surface area contributed by atoms with Gasteiger partial charge in [0.05, 0.1) is 0 Å². The number of hydrogen-bond acceptors (Lipinski definition) is 4. The summed E-state index contributed by atoms with van der Waals surface area (Å²) in [5.74, 6) is -0.859. The van der Waals surface area contributed by atoms with E-state index in [0.717, 1.165) is 12.8 Å². The van der Waals surface area contributed by atoms with Crippen LogP contribution in [0.25, 0.3) is 0 Å². The van der Waals surface area contributed by atoms with E-state index in [2.05, 4.69) is 12.2 Å². The predicted octanol–water partition coefficient (Wildman–Crippen LogP) is 2.14. The smallest absolute Gasteiger partial charge is 0.408 e. The molecule has 0 aromatic carbocycles. The molecule has 2 N–H and O–H groups in total. The first-order chi connectivity index (χ1) is 11.5. The zero-order chi connectivity index (χ0) is 18.6. The number of nitrogens with zero attached hydrogens (tertiary/aromatic N) is 1. The van der Waals surface area contributed by atoms with Gasteiger partial charge < -0.3 is 20.1 Å². The van der Waals surface area contributed by atoms with E-state index < -0.39 is 29.7 Å². The zero-order valence-corrected chi connectivity index (χ0v) is 15.4. The fourth-order valence-corrected chi connectivity index (χ4v) is 4.46. The summed E-state index contributed by atoms with van der Waals surface area (Å²) in [5, 5.41) is 12.2. The minimum atomic E-state index is -0.968. The first-order valence-corrected chi connectivity index (χ1v) is 9.05. The van der Waals surface area contributed by atoms with Gasteiger partial charge in [0.1, 0.15) is 17.7 Å². The van der Waals surface area contributed by atoms with Crippen LogP contribution in [0, 0.1) is 11.3 Å². The molecule has 5 atom stereocenters. The lowest BCUT2D eigenvalue weighted by atomic mass is 9.90. The van der Waals surface area contributed by atoms with Crippen LogP contribution in [-0.2, 0) is 14.3 Å². The number of fused-ring (bicyclic) bond motifs is 2. The Morgan fingerprint density at radius 1 is 1.28 bits per heavy atom. The van der Waals surface area contributed by atoms with Gasteiger partial charge in [0.2, 0.25) is 5.91 Å². The van der Waals surface area contributed by atoms with Crippen LogP contribution in [-0.4, -0.2) is 51.7 Å². The van der Waals surface area contributed by atoms with Gasteiger partial charge in [-0.15, -0.1) is 0 Å². The van der Waals surface area contributed by atoms with E-state index in [1.807, 2.05) is 0 Å². The summed E-state index contributed by atoms with van der Waals surface area (Å²) in [6, 6.07) is -1.56. The highest BCUT2D eigenvalue weighted by molar-refractivity contribution is 5.90. The van der Waals surface area contributed by atoms with Gasteiger partial charge in [-0.25, -0.2) is 9.59 Å². The molecule has 7 nitrogen and oxygen atoms in total. The summed E-state index contributed by atoms with van der Waals surface area (Å²) >= 11 is 0. The number of alkyl carbamates (subject to hydrolysis) is 1. The maximum atomic E-state index is 13.1. The molecule has 25 heavy (non-hydrogen) atoms. The van der Waals surface area contributed by atoms with E-state index in [1.54, 1.807) is 20.8 Å². The molecule has 1 saturated carbocycles. The lowest BCUT2D eigenvalue weighted by Gasteiger charge is -2.36. The van der Waals surface area contributed by atoms with Crippen molar-refractivity contribution in [2.75, 3.05) is 0 Å². The van der Waals surface area contributed by atoms with E-state index >= 15 is 0 Å². The molecule has 3 aliphatic rings. The molecular formula is C18H28N2O5. The van der Waals surface area contributed by atoms with Crippen molar-refractivity contribution in [3.63, 3.8) is 0 Å². The van der Waals surface area contributed by atoms with Crippen LogP contribution in [0.2, 0.25) is 0 Å². The molecular weight excluding hydrogens is 324 g/mol. The van der Waals surface area contributed by atoms with Crippen LogP contribution < -0.4 is 5.32 Å². The SMILES string of the molecule is CC(C)(C)OC(=O)N[C@H]1C[C@H]2C[C@@]2(C)C[C@H]2CC[C@@H](C(=O)O)N2C1=O. The Kier molecular flexibility index (Phi) is 4.24.